The fraction of sp³-hybridized carbons (Fsp3) is 0.529. The molecule has 23 heavy (non-hydrogen) atoms. The van der Waals surface area contributed by atoms with Gasteiger partial charge in [0.05, 0.1) is 12.5 Å². The highest BCUT2D eigenvalue weighted by Crippen LogP contribution is 2.17. The van der Waals surface area contributed by atoms with E-state index in [1.807, 2.05) is 30.3 Å². The van der Waals surface area contributed by atoms with Crippen molar-refractivity contribution in [2.24, 2.45) is 5.92 Å². The lowest BCUT2D eigenvalue weighted by Crippen LogP contribution is -2.50. The van der Waals surface area contributed by atoms with Gasteiger partial charge in [0.15, 0.2) is 0 Å². The molecule has 3 atom stereocenters. The normalized spacial score (nSPS) is 21.7. The van der Waals surface area contributed by atoms with E-state index in [9.17, 15) is 9.59 Å². The van der Waals surface area contributed by atoms with Crippen molar-refractivity contribution in [3.05, 3.63) is 35.9 Å². The Labute approximate surface area is 144 Å². The Balaban J connectivity index is 0.00000264. The predicted molar refractivity (Wildman–Crippen MR) is 93.4 cm³/mol. The van der Waals surface area contributed by atoms with Crippen molar-refractivity contribution in [2.75, 3.05) is 13.1 Å². The lowest BCUT2D eigenvalue weighted by atomic mass is 9.94. The zero-order valence-electron chi connectivity index (χ0n) is 13.7. The van der Waals surface area contributed by atoms with Gasteiger partial charge in [-0.15, -0.1) is 12.4 Å². The van der Waals surface area contributed by atoms with Gasteiger partial charge in [-0.2, -0.15) is 0 Å². The lowest BCUT2D eigenvalue weighted by Gasteiger charge is -2.30. The van der Waals surface area contributed by atoms with Gasteiger partial charge in [0.25, 0.3) is 0 Å². The number of carbonyl (C=O) groups excluding carboxylic acids is 2. The quantitative estimate of drug-likeness (QED) is 0.766. The Morgan fingerprint density at radius 1 is 1.30 bits per heavy atom. The highest BCUT2D eigenvalue weighted by Gasteiger charge is 2.24. The first-order valence-corrected chi connectivity index (χ1v) is 7.88. The van der Waals surface area contributed by atoms with Gasteiger partial charge in [-0.3, -0.25) is 9.59 Å². The van der Waals surface area contributed by atoms with E-state index in [4.69, 9.17) is 0 Å². The molecule has 0 saturated carbocycles. The molecule has 3 N–H and O–H groups in total. The monoisotopic (exact) mass is 339 g/mol. The number of hydrogen-bond acceptors (Lipinski definition) is 3. The maximum atomic E-state index is 12.3. The Hall–Kier alpha value is -1.59. The van der Waals surface area contributed by atoms with Gasteiger partial charge in [0.1, 0.15) is 0 Å². The minimum Gasteiger partial charge on any atom is -0.352 e. The van der Waals surface area contributed by atoms with Crippen LogP contribution in [0.5, 0.6) is 0 Å². The van der Waals surface area contributed by atoms with E-state index in [1.165, 1.54) is 6.92 Å². The zero-order chi connectivity index (χ0) is 15.9. The fourth-order valence-electron chi connectivity index (χ4n) is 2.82. The molecule has 0 spiro atoms. The second-order valence-electron chi connectivity index (χ2n) is 6.01. The van der Waals surface area contributed by atoms with Gasteiger partial charge >= 0.3 is 0 Å². The lowest BCUT2D eigenvalue weighted by molar-refractivity contribution is -0.123. The number of halogens is 1. The summed E-state index contributed by atoms with van der Waals surface area (Å²) < 4.78 is 0. The summed E-state index contributed by atoms with van der Waals surface area (Å²) in [6.07, 6.45) is 1.32. The van der Waals surface area contributed by atoms with Crippen molar-refractivity contribution < 1.29 is 9.59 Å². The van der Waals surface area contributed by atoms with E-state index >= 15 is 0 Å². The number of rotatable bonds is 5. The Bertz CT molecular complexity index is 510. The number of nitrogens with one attached hydrogen (secondary N) is 3. The van der Waals surface area contributed by atoms with Gasteiger partial charge in [0.2, 0.25) is 11.8 Å². The number of piperidine rings is 1. The van der Waals surface area contributed by atoms with Crippen molar-refractivity contribution in [2.45, 2.75) is 38.8 Å². The molecule has 6 heteroatoms. The van der Waals surface area contributed by atoms with Crippen LogP contribution >= 0.6 is 12.4 Å². The first-order chi connectivity index (χ1) is 10.6. The van der Waals surface area contributed by atoms with Gasteiger partial charge < -0.3 is 16.0 Å². The molecule has 1 saturated heterocycles. The molecule has 1 fully saturated rings. The Morgan fingerprint density at radius 3 is 2.61 bits per heavy atom. The van der Waals surface area contributed by atoms with Crippen molar-refractivity contribution >= 4 is 24.2 Å². The Morgan fingerprint density at radius 2 is 2.00 bits per heavy atom. The van der Waals surface area contributed by atoms with Crippen LogP contribution in [0.25, 0.3) is 0 Å². The van der Waals surface area contributed by atoms with Crippen molar-refractivity contribution in [1.82, 2.24) is 16.0 Å². The average molecular weight is 340 g/mol. The van der Waals surface area contributed by atoms with E-state index < -0.39 is 0 Å². The second-order valence-corrected chi connectivity index (χ2v) is 6.01. The van der Waals surface area contributed by atoms with Crippen molar-refractivity contribution in [3.63, 3.8) is 0 Å². The summed E-state index contributed by atoms with van der Waals surface area (Å²) in [6, 6.07) is 9.48. The van der Waals surface area contributed by atoms with E-state index in [0.29, 0.717) is 5.92 Å². The highest BCUT2D eigenvalue weighted by atomic mass is 35.5. The molecule has 1 aromatic carbocycles. The molecular weight excluding hydrogens is 314 g/mol. The summed E-state index contributed by atoms with van der Waals surface area (Å²) in [5.74, 6) is 0.318. The van der Waals surface area contributed by atoms with Gasteiger partial charge in [0, 0.05) is 19.5 Å². The maximum Gasteiger partial charge on any atom is 0.222 e. The minimum atomic E-state index is -0.287. The summed E-state index contributed by atoms with van der Waals surface area (Å²) in [7, 11) is 0. The van der Waals surface area contributed by atoms with Crippen LogP contribution in [0, 0.1) is 5.92 Å². The second kappa shape index (κ2) is 9.53. The molecule has 0 aliphatic carbocycles. The number of benzene rings is 1. The predicted octanol–water partition coefficient (Wildman–Crippen LogP) is 1.79. The van der Waals surface area contributed by atoms with Crippen molar-refractivity contribution in [1.29, 1.82) is 0 Å². The van der Waals surface area contributed by atoms with Crippen LogP contribution < -0.4 is 16.0 Å². The fourth-order valence-corrected chi connectivity index (χ4v) is 2.82. The molecule has 1 heterocycles. The number of amides is 2. The van der Waals surface area contributed by atoms with Crippen LogP contribution in [0.15, 0.2) is 30.3 Å². The topological polar surface area (TPSA) is 70.2 Å². The number of carbonyl (C=O) groups is 2. The van der Waals surface area contributed by atoms with Crippen LogP contribution in [0.2, 0.25) is 0 Å². The number of hydrogen-bond donors (Lipinski definition) is 3. The van der Waals surface area contributed by atoms with E-state index in [0.717, 1.165) is 25.1 Å². The summed E-state index contributed by atoms with van der Waals surface area (Å²) >= 11 is 0. The van der Waals surface area contributed by atoms with Gasteiger partial charge in [-0.1, -0.05) is 37.3 Å². The van der Waals surface area contributed by atoms with Crippen molar-refractivity contribution in [3.8, 4) is 0 Å². The zero-order valence-corrected chi connectivity index (χ0v) is 14.5. The molecule has 2 rings (SSSR count). The summed E-state index contributed by atoms with van der Waals surface area (Å²) in [4.78, 5) is 23.7. The van der Waals surface area contributed by atoms with Crippen LogP contribution in [0.1, 0.15) is 38.3 Å². The molecular formula is C17H26ClN3O2. The maximum absolute atomic E-state index is 12.3. The van der Waals surface area contributed by atoms with Crippen LogP contribution in [-0.4, -0.2) is 30.9 Å². The van der Waals surface area contributed by atoms with Crippen LogP contribution in [0.3, 0.4) is 0 Å². The average Bonchev–Trinajstić information content (AvgIpc) is 2.49. The first kappa shape index (κ1) is 19.5. The molecule has 3 unspecified atom stereocenters. The molecule has 1 aliphatic rings. The Kier molecular flexibility index (Phi) is 8.06. The summed E-state index contributed by atoms with van der Waals surface area (Å²) in [5, 5.41) is 9.25. The minimum absolute atomic E-state index is 0. The molecule has 1 aromatic rings. The van der Waals surface area contributed by atoms with E-state index in [2.05, 4.69) is 22.9 Å². The molecule has 2 amide bonds. The molecule has 0 radical (unpaired) electrons. The third-order valence-electron chi connectivity index (χ3n) is 4.14. The molecule has 0 aromatic heterocycles. The summed E-state index contributed by atoms with van der Waals surface area (Å²) in [6.45, 7) is 5.45. The van der Waals surface area contributed by atoms with Gasteiger partial charge in [-0.25, -0.2) is 0 Å². The molecule has 0 bridgehead atoms. The smallest absolute Gasteiger partial charge is 0.222 e. The largest absolute Gasteiger partial charge is 0.352 e. The SMILES string of the molecule is CC(=O)NC(CC(=O)NC1CNCCC1C)c1ccccc1.Cl. The van der Waals surface area contributed by atoms with Crippen LogP contribution in [0.4, 0.5) is 0 Å². The third kappa shape index (κ3) is 6.20. The molecule has 1 aliphatic heterocycles. The third-order valence-corrected chi connectivity index (χ3v) is 4.14. The highest BCUT2D eigenvalue weighted by molar-refractivity contribution is 5.85. The van der Waals surface area contributed by atoms with E-state index in [-0.39, 0.29) is 42.7 Å². The standard InChI is InChI=1S/C17H25N3O2.ClH/c1-12-8-9-18-11-16(12)20-17(22)10-15(19-13(2)21)14-6-4-3-5-7-14;/h3-7,12,15-16,18H,8-11H2,1-2H3,(H,19,21)(H,20,22);1H. The van der Waals surface area contributed by atoms with Gasteiger partial charge in [-0.05, 0) is 24.4 Å². The van der Waals surface area contributed by atoms with E-state index in [1.54, 1.807) is 0 Å². The molecule has 128 valence electrons. The molecule has 5 nitrogen and oxygen atoms in total. The first-order valence-electron chi connectivity index (χ1n) is 7.88. The van der Waals surface area contributed by atoms with Crippen LogP contribution in [-0.2, 0) is 9.59 Å². The summed E-state index contributed by atoms with van der Waals surface area (Å²) in [5.41, 5.74) is 0.947.